The zero-order chi connectivity index (χ0) is 14.2. The molecule has 2 rings (SSSR count). The van der Waals surface area contributed by atoms with Crippen LogP contribution in [0.5, 0.6) is 0 Å². The first-order valence-corrected chi connectivity index (χ1v) is 6.12. The summed E-state index contributed by atoms with van der Waals surface area (Å²) in [6, 6.07) is 5.76. The van der Waals surface area contributed by atoms with Crippen LogP contribution in [0, 0.1) is 6.92 Å². The van der Waals surface area contributed by atoms with E-state index in [9.17, 15) is 4.79 Å². The number of H-pyrrole nitrogens is 1. The molecule has 4 N–H and O–H groups in total. The fourth-order valence-corrected chi connectivity index (χ4v) is 2.51. The quantitative estimate of drug-likeness (QED) is 0.741. The van der Waals surface area contributed by atoms with E-state index in [0.29, 0.717) is 0 Å². The molecule has 1 aromatic carbocycles. The van der Waals surface area contributed by atoms with Crippen LogP contribution in [-0.4, -0.2) is 16.1 Å². The minimum Gasteiger partial charge on any atom is -0.478 e. The molecule has 0 bridgehead atoms. The number of carboxylic acids is 1. The van der Waals surface area contributed by atoms with Crippen LogP contribution in [0.4, 0.5) is 0 Å². The van der Waals surface area contributed by atoms with Crippen LogP contribution in [0.1, 0.15) is 30.7 Å². The van der Waals surface area contributed by atoms with Crippen molar-refractivity contribution in [3.05, 3.63) is 41.1 Å². The average molecular weight is 258 g/mol. The summed E-state index contributed by atoms with van der Waals surface area (Å²) < 4.78 is 0. The Kier molecular flexibility index (Phi) is 3.20. The summed E-state index contributed by atoms with van der Waals surface area (Å²) in [4.78, 5) is 14.0. The highest BCUT2D eigenvalue weighted by Crippen LogP contribution is 2.33. The number of aromatic amines is 1. The minimum absolute atomic E-state index is 0.491. The van der Waals surface area contributed by atoms with Gasteiger partial charge in [0.1, 0.15) is 0 Å². The molecular weight excluding hydrogens is 240 g/mol. The molecule has 0 aliphatic carbocycles. The van der Waals surface area contributed by atoms with Gasteiger partial charge < -0.3 is 15.8 Å². The number of aromatic nitrogens is 1. The second-order valence-corrected chi connectivity index (χ2v) is 5.29. The van der Waals surface area contributed by atoms with E-state index in [1.165, 1.54) is 0 Å². The molecule has 0 aliphatic heterocycles. The molecule has 0 saturated carbocycles. The Labute approximate surface area is 111 Å². The first-order chi connectivity index (χ1) is 8.80. The SMILES string of the molecule is Cc1[nH]c2cccc(/C=C/C(=O)O)c2c1C(C)(C)N. The highest BCUT2D eigenvalue weighted by molar-refractivity contribution is 5.96. The number of fused-ring (bicyclic) bond motifs is 1. The number of aliphatic carboxylic acids is 1. The number of hydrogen-bond acceptors (Lipinski definition) is 2. The topological polar surface area (TPSA) is 79.1 Å². The summed E-state index contributed by atoms with van der Waals surface area (Å²) in [5.41, 5.74) is 9.61. The Morgan fingerprint density at radius 3 is 2.68 bits per heavy atom. The van der Waals surface area contributed by atoms with Crippen molar-refractivity contribution in [3.8, 4) is 0 Å². The molecule has 1 heterocycles. The monoisotopic (exact) mass is 258 g/mol. The van der Waals surface area contributed by atoms with Gasteiger partial charge in [-0.3, -0.25) is 0 Å². The van der Waals surface area contributed by atoms with Gasteiger partial charge in [-0.1, -0.05) is 12.1 Å². The van der Waals surface area contributed by atoms with Crippen LogP contribution >= 0.6 is 0 Å². The maximum absolute atomic E-state index is 10.7. The molecule has 19 heavy (non-hydrogen) atoms. The van der Waals surface area contributed by atoms with Crippen molar-refractivity contribution in [2.24, 2.45) is 5.73 Å². The summed E-state index contributed by atoms with van der Waals surface area (Å²) in [5.74, 6) is -0.960. The third-order valence-corrected chi connectivity index (χ3v) is 3.09. The van der Waals surface area contributed by atoms with E-state index in [4.69, 9.17) is 10.8 Å². The maximum atomic E-state index is 10.7. The van der Waals surface area contributed by atoms with E-state index in [1.54, 1.807) is 6.08 Å². The number of aryl methyl sites for hydroxylation is 1. The third-order valence-electron chi connectivity index (χ3n) is 3.09. The normalized spacial score (nSPS) is 12.4. The number of nitrogens with one attached hydrogen (secondary N) is 1. The molecule has 0 radical (unpaired) electrons. The molecule has 0 atom stereocenters. The van der Waals surface area contributed by atoms with Gasteiger partial charge in [0.25, 0.3) is 0 Å². The van der Waals surface area contributed by atoms with Crippen LogP contribution in [0.2, 0.25) is 0 Å². The molecule has 4 nitrogen and oxygen atoms in total. The first kappa shape index (κ1) is 13.4. The Hall–Kier alpha value is -2.07. The molecular formula is C15H18N2O2. The minimum atomic E-state index is -0.960. The summed E-state index contributed by atoms with van der Waals surface area (Å²) in [6.45, 7) is 5.87. The largest absolute Gasteiger partial charge is 0.478 e. The van der Waals surface area contributed by atoms with E-state index >= 15 is 0 Å². The van der Waals surface area contributed by atoms with Crippen LogP contribution < -0.4 is 5.73 Å². The van der Waals surface area contributed by atoms with Crippen LogP contribution in [0.3, 0.4) is 0 Å². The van der Waals surface area contributed by atoms with Crippen molar-refractivity contribution in [2.75, 3.05) is 0 Å². The zero-order valence-corrected chi connectivity index (χ0v) is 11.3. The lowest BCUT2D eigenvalue weighted by atomic mass is 9.90. The van der Waals surface area contributed by atoms with Gasteiger partial charge in [-0.2, -0.15) is 0 Å². The molecule has 0 amide bonds. The van der Waals surface area contributed by atoms with Crippen molar-refractivity contribution in [2.45, 2.75) is 26.3 Å². The second-order valence-electron chi connectivity index (χ2n) is 5.29. The molecule has 0 spiro atoms. The van der Waals surface area contributed by atoms with Gasteiger partial charge >= 0.3 is 5.97 Å². The van der Waals surface area contributed by atoms with Crippen molar-refractivity contribution in [1.29, 1.82) is 0 Å². The summed E-state index contributed by atoms with van der Waals surface area (Å²) in [6.07, 6.45) is 2.75. The van der Waals surface area contributed by atoms with E-state index < -0.39 is 11.5 Å². The van der Waals surface area contributed by atoms with Crippen LogP contribution in [0.25, 0.3) is 17.0 Å². The number of carboxylic acid groups (broad SMARTS) is 1. The molecule has 0 fully saturated rings. The van der Waals surface area contributed by atoms with E-state index in [0.717, 1.165) is 33.8 Å². The number of hydrogen-bond donors (Lipinski definition) is 3. The van der Waals surface area contributed by atoms with Gasteiger partial charge in [0.15, 0.2) is 0 Å². The number of benzene rings is 1. The zero-order valence-electron chi connectivity index (χ0n) is 11.3. The number of carbonyl (C=O) groups is 1. The van der Waals surface area contributed by atoms with Crippen molar-refractivity contribution in [3.63, 3.8) is 0 Å². The average Bonchev–Trinajstić information content (AvgIpc) is 2.61. The van der Waals surface area contributed by atoms with Gasteiger partial charge in [-0.15, -0.1) is 0 Å². The fraction of sp³-hybridized carbons (Fsp3) is 0.267. The number of rotatable bonds is 3. The second kappa shape index (κ2) is 4.55. The van der Waals surface area contributed by atoms with Gasteiger partial charge in [0, 0.05) is 33.8 Å². The van der Waals surface area contributed by atoms with Gasteiger partial charge in [0.2, 0.25) is 0 Å². The Morgan fingerprint density at radius 2 is 2.11 bits per heavy atom. The fourth-order valence-electron chi connectivity index (χ4n) is 2.51. The molecule has 0 aliphatic rings. The third kappa shape index (κ3) is 2.53. The maximum Gasteiger partial charge on any atom is 0.328 e. The molecule has 4 heteroatoms. The highest BCUT2D eigenvalue weighted by Gasteiger charge is 2.23. The standard InChI is InChI=1S/C15H18N2O2/c1-9-14(15(2,3)16)13-10(7-8-12(18)19)5-4-6-11(13)17-9/h4-8,17H,16H2,1-3H3,(H,18,19)/b8-7+. The Morgan fingerprint density at radius 1 is 1.42 bits per heavy atom. The Bertz CT molecular complexity index is 661. The summed E-state index contributed by atoms with van der Waals surface area (Å²) >= 11 is 0. The van der Waals surface area contributed by atoms with Gasteiger partial charge in [-0.05, 0) is 38.5 Å². The summed E-state index contributed by atoms with van der Waals surface area (Å²) in [5, 5.41) is 9.75. The predicted molar refractivity (Wildman–Crippen MR) is 76.9 cm³/mol. The number of nitrogens with two attached hydrogens (primary N) is 1. The van der Waals surface area contributed by atoms with Gasteiger partial charge in [0.05, 0.1) is 0 Å². The summed E-state index contributed by atoms with van der Waals surface area (Å²) in [7, 11) is 0. The van der Waals surface area contributed by atoms with E-state index in [-0.39, 0.29) is 0 Å². The van der Waals surface area contributed by atoms with Crippen LogP contribution in [0.15, 0.2) is 24.3 Å². The lowest BCUT2D eigenvalue weighted by molar-refractivity contribution is -0.131. The van der Waals surface area contributed by atoms with Crippen molar-refractivity contribution < 1.29 is 9.90 Å². The van der Waals surface area contributed by atoms with Crippen molar-refractivity contribution >= 4 is 22.9 Å². The van der Waals surface area contributed by atoms with E-state index in [2.05, 4.69) is 4.98 Å². The van der Waals surface area contributed by atoms with E-state index in [1.807, 2.05) is 39.0 Å². The lowest BCUT2D eigenvalue weighted by Gasteiger charge is -2.20. The first-order valence-electron chi connectivity index (χ1n) is 6.12. The molecule has 0 unspecified atom stereocenters. The molecule has 1 aromatic heterocycles. The lowest BCUT2D eigenvalue weighted by Crippen LogP contribution is -2.29. The smallest absolute Gasteiger partial charge is 0.328 e. The molecule has 2 aromatic rings. The molecule has 0 saturated heterocycles. The van der Waals surface area contributed by atoms with Crippen LogP contribution in [-0.2, 0) is 10.3 Å². The van der Waals surface area contributed by atoms with Crippen molar-refractivity contribution in [1.82, 2.24) is 4.98 Å². The molecule has 100 valence electrons. The highest BCUT2D eigenvalue weighted by atomic mass is 16.4. The Balaban J connectivity index is 2.76. The predicted octanol–water partition coefficient (Wildman–Crippen LogP) is 2.77. The van der Waals surface area contributed by atoms with Gasteiger partial charge in [-0.25, -0.2) is 4.79 Å².